The van der Waals surface area contributed by atoms with Gasteiger partial charge in [-0.2, -0.15) is 0 Å². The van der Waals surface area contributed by atoms with Crippen molar-refractivity contribution in [3.63, 3.8) is 0 Å². The van der Waals surface area contributed by atoms with Crippen molar-refractivity contribution in [1.82, 2.24) is 4.57 Å². The Hall–Kier alpha value is -6.64. The molecule has 2 aromatic heterocycles. The Morgan fingerprint density at radius 1 is 0.320 bits per heavy atom. The quantitative estimate of drug-likeness (QED) is 0.184. The van der Waals surface area contributed by atoms with E-state index in [-0.39, 0.29) is 0 Å². The predicted molar refractivity (Wildman–Crippen MR) is 210 cm³/mol. The van der Waals surface area contributed by atoms with Crippen LogP contribution < -0.4 is 0 Å². The molecule has 0 fully saturated rings. The molecule has 0 unspecified atom stereocenters. The first-order valence-corrected chi connectivity index (χ1v) is 17.1. The minimum atomic E-state index is 0.918. The summed E-state index contributed by atoms with van der Waals surface area (Å²) in [6.07, 6.45) is 0. The average molecular weight is 638 g/mol. The lowest BCUT2D eigenvalue weighted by Gasteiger charge is -2.11. The van der Waals surface area contributed by atoms with Crippen molar-refractivity contribution < 1.29 is 4.42 Å². The van der Waals surface area contributed by atoms with E-state index in [0.29, 0.717) is 0 Å². The Kier molecular flexibility index (Phi) is 6.53. The molecule has 8 aromatic carbocycles. The number of hydrogen-bond acceptors (Lipinski definition) is 1. The Labute approximate surface area is 290 Å². The molecule has 2 heteroatoms. The molecule has 2 nitrogen and oxygen atoms in total. The van der Waals surface area contributed by atoms with Gasteiger partial charge >= 0.3 is 0 Å². The SMILES string of the molecule is c1ccc(-c2ccc3c(c2)c2cc(-c4ccccc4)ccc2n3-c2ccc(-c3ccc(-c4cccc5oc6ccccc6c45)cc3)cc2)cc1. The van der Waals surface area contributed by atoms with Crippen molar-refractivity contribution in [3.8, 4) is 50.2 Å². The van der Waals surface area contributed by atoms with Crippen LogP contribution >= 0.6 is 0 Å². The molecular weight excluding hydrogens is 607 g/mol. The second-order valence-electron chi connectivity index (χ2n) is 12.9. The molecule has 0 aliphatic rings. The molecule has 0 spiro atoms. The number of benzene rings is 8. The predicted octanol–water partition coefficient (Wildman–Crippen LogP) is 13.4. The van der Waals surface area contributed by atoms with Crippen LogP contribution in [0.1, 0.15) is 0 Å². The number of furan rings is 1. The highest BCUT2D eigenvalue weighted by atomic mass is 16.3. The van der Waals surface area contributed by atoms with Gasteiger partial charge in [-0.1, -0.05) is 140 Å². The molecule has 0 bridgehead atoms. The first-order chi connectivity index (χ1) is 24.8. The lowest BCUT2D eigenvalue weighted by atomic mass is 9.97. The second-order valence-corrected chi connectivity index (χ2v) is 12.9. The molecule has 0 aliphatic heterocycles. The summed E-state index contributed by atoms with van der Waals surface area (Å²) in [6, 6.07) is 67.5. The molecule has 0 saturated carbocycles. The van der Waals surface area contributed by atoms with Crippen molar-refractivity contribution in [2.24, 2.45) is 0 Å². The average Bonchev–Trinajstić information content (AvgIpc) is 3.74. The molecule has 50 heavy (non-hydrogen) atoms. The number of fused-ring (bicyclic) bond motifs is 6. The molecule has 0 saturated heterocycles. The van der Waals surface area contributed by atoms with E-state index in [1.807, 2.05) is 12.1 Å². The minimum Gasteiger partial charge on any atom is -0.456 e. The van der Waals surface area contributed by atoms with Crippen LogP contribution in [0.3, 0.4) is 0 Å². The highest BCUT2D eigenvalue weighted by Crippen LogP contribution is 2.39. The summed E-state index contributed by atoms with van der Waals surface area (Å²) in [5, 5.41) is 4.81. The zero-order chi connectivity index (χ0) is 33.0. The van der Waals surface area contributed by atoms with E-state index in [1.54, 1.807) is 0 Å². The number of aromatic nitrogens is 1. The van der Waals surface area contributed by atoms with E-state index in [9.17, 15) is 0 Å². The summed E-state index contributed by atoms with van der Waals surface area (Å²) < 4.78 is 8.55. The normalized spacial score (nSPS) is 11.6. The zero-order valence-corrected chi connectivity index (χ0v) is 27.3. The maximum absolute atomic E-state index is 6.15. The highest BCUT2D eigenvalue weighted by molar-refractivity contribution is 6.13. The van der Waals surface area contributed by atoms with Crippen LogP contribution in [-0.4, -0.2) is 4.57 Å². The van der Waals surface area contributed by atoms with Crippen molar-refractivity contribution in [2.75, 3.05) is 0 Å². The van der Waals surface area contributed by atoms with E-state index in [1.165, 1.54) is 66.3 Å². The van der Waals surface area contributed by atoms with Crippen molar-refractivity contribution in [3.05, 3.63) is 188 Å². The summed E-state index contributed by atoms with van der Waals surface area (Å²) >= 11 is 0. The summed E-state index contributed by atoms with van der Waals surface area (Å²) in [7, 11) is 0. The van der Waals surface area contributed by atoms with Gasteiger partial charge in [-0.25, -0.2) is 0 Å². The smallest absolute Gasteiger partial charge is 0.136 e. The Morgan fingerprint density at radius 3 is 1.42 bits per heavy atom. The minimum absolute atomic E-state index is 0.918. The monoisotopic (exact) mass is 637 g/mol. The topological polar surface area (TPSA) is 18.1 Å². The molecule has 0 radical (unpaired) electrons. The van der Waals surface area contributed by atoms with Gasteiger partial charge in [0.1, 0.15) is 11.2 Å². The number of para-hydroxylation sites is 1. The van der Waals surface area contributed by atoms with Crippen molar-refractivity contribution in [1.29, 1.82) is 0 Å². The molecule has 234 valence electrons. The fraction of sp³-hybridized carbons (Fsp3) is 0. The fourth-order valence-electron chi connectivity index (χ4n) is 7.58. The second kappa shape index (κ2) is 11.5. The summed E-state index contributed by atoms with van der Waals surface area (Å²) in [6.45, 7) is 0. The summed E-state index contributed by atoms with van der Waals surface area (Å²) in [5.41, 5.74) is 15.0. The van der Waals surface area contributed by atoms with Gasteiger partial charge in [0, 0.05) is 27.2 Å². The van der Waals surface area contributed by atoms with Gasteiger partial charge in [0.05, 0.1) is 11.0 Å². The lowest BCUT2D eigenvalue weighted by Crippen LogP contribution is -1.94. The third-order valence-electron chi connectivity index (χ3n) is 10.0. The largest absolute Gasteiger partial charge is 0.456 e. The van der Waals surface area contributed by atoms with Gasteiger partial charge < -0.3 is 8.98 Å². The van der Waals surface area contributed by atoms with Crippen LogP contribution in [0.25, 0.3) is 93.9 Å². The molecule has 10 aromatic rings. The first-order valence-electron chi connectivity index (χ1n) is 17.1. The third-order valence-corrected chi connectivity index (χ3v) is 10.0. The summed E-state index contributed by atoms with van der Waals surface area (Å²) in [5.74, 6) is 0. The number of nitrogens with zero attached hydrogens (tertiary/aromatic N) is 1. The van der Waals surface area contributed by atoms with Gasteiger partial charge in [0.2, 0.25) is 0 Å². The molecule has 0 atom stereocenters. The molecule has 0 aliphatic carbocycles. The molecule has 2 heterocycles. The van der Waals surface area contributed by atoms with Crippen LogP contribution in [-0.2, 0) is 0 Å². The van der Waals surface area contributed by atoms with Crippen LogP contribution in [0.15, 0.2) is 192 Å². The van der Waals surface area contributed by atoms with E-state index in [4.69, 9.17) is 4.42 Å². The molecule has 0 N–H and O–H groups in total. The zero-order valence-electron chi connectivity index (χ0n) is 27.3. The van der Waals surface area contributed by atoms with Crippen LogP contribution in [0.4, 0.5) is 0 Å². The molecular formula is C48H31NO. The van der Waals surface area contributed by atoms with Crippen molar-refractivity contribution in [2.45, 2.75) is 0 Å². The maximum atomic E-state index is 6.15. The molecule has 10 rings (SSSR count). The number of rotatable bonds is 5. The standard InChI is InChI=1S/C48H31NO/c1-3-10-32(11-4-1)37-24-28-44-42(30-37)43-31-38(33-12-5-2-6-13-33)25-29-45(43)49(44)39-26-22-35(23-27-39)34-18-20-36(21-19-34)40-15-9-17-47-48(40)41-14-7-8-16-46(41)50-47/h1-31H. The highest BCUT2D eigenvalue weighted by Gasteiger charge is 2.16. The van der Waals surface area contributed by atoms with Crippen LogP contribution in [0.2, 0.25) is 0 Å². The van der Waals surface area contributed by atoms with E-state index in [2.05, 4.69) is 180 Å². The van der Waals surface area contributed by atoms with Gasteiger partial charge in [0.25, 0.3) is 0 Å². The molecule has 0 amide bonds. The van der Waals surface area contributed by atoms with Crippen molar-refractivity contribution >= 4 is 43.7 Å². The van der Waals surface area contributed by atoms with Gasteiger partial charge in [-0.3, -0.25) is 0 Å². The number of hydrogen-bond donors (Lipinski definition) is 0. The van der Waals surface area contributed by atoms with Gasteiger partial charge in [-0.15, -0.1) is 0 Å². The van der Waals surface area contributed by atoms with Crippen LogP contribution in [0.5, 0.6) is 0 Å². The lowest BCUT2D eigenvalue weighted by molar-refractivity contribution is 0.669. The van der Waals surface area contributed by atoms with E-state index >= 15 is 0 Å². The van der Waals surface area contributed by atoms with E-state index < -0.39 is 0 Å². The van der Waals surface area contributed by atoms with E-state index in [0.717, 1.165) is 27.6 Å². The Bertz CT molecular complexity index is 2730. The maximum Gasteiger partial charge on any atom is 0.136 e. The van der Waals surface area contributed by atoms with Gasteiger partial charge in [-0.05, 0) is 93.0 Å². The fourth-order valence-corrected chi connectivity index (χ4v) is 7.58. The van der Waals surface area contributed by atoms with Gasteiger partial charge in [0.15, 0.2) is 0 Å². The summed E-state index contributed by atoms with van der Waals surface area (Å²) in [4.78, 5) is 0. The first kappa shape index (κ1) is 28.4. The Morgan fingerprint density at radius 2 is 0.800 bits per heavy atom. The third kappa shape index (κ3) is 4.65. The van der Waals surface area contributed by atoms with Crippen LogP contribution in [0, 0.1) is 0 Å². The Balaban J connectivity index is 1.05.